The third-order valence-corrected chi connectivity index (χ3v) is 3.85. The molecule has 0 aliphatic carbocycles. The molecule has 1 aliphatic heterocycles. The van der Waals surface area contributed by atoms with Gasteiger partial charge in [-0.05, 0) is 31.7 Å². The molecule has 5 heteroatoms. The molecule has 0 N–H and O–H groups in total. The minimum atomic E-state index is -0.656. The first-order valence-corrected chi connectivity index (χ1v) is 6.96. The van der Waals surface area contributed by atoms with Crippen LogP contribution in [0, 0.1) is 11.6 Å². The number of benzene rings is 1. The van der Waals surface area contributed by atoms with Crippen LogP contribution < -0.4 is 0 Å². The summed E-state index contributed by atoms with van der Waals surface area (Å²) in [4.78, 5) is 16.4. The van der Waals surface area contributed by atoms with E-state index in [0.717, 1.165) is 44.4 Å². The highest BCUT2D eigenvalue weighted by Crippen LogP contribution is 2.13. The maximum Gasteiger partial charge on any atom is 0.179 e. The fourth-order valence-electron chi connectivity index (χ4n) is 2.68. The monoisotopic (exact) mass is 282 g/mol. The van der Waals surface area contributed by atoms with E-state index in [9.17, 15) is 13.6 Å². The molecule has 1 saturated heterocycles. The van der Waals surface area contributed by atoms with Gasteiger partial charge in [-0.15, -0.1) is 0 Å². The normalized spacial score (nSPS) is 21.1. The Kier molecular flexibility index (Phi) is 4.83. The number of likely N-dealkylation sites (N-methyl/N-ethyl adjacent to an activating group) is 1. The summed E-state index contributed by atoms with van der Waals surface area (Å²) in [5.41, 5.74) is -0.157. The van der Waals surface area contributed by atoms with Gasteiger partial charge in [0, 0.05) is 25.7 Å². The van der Waals surface area contributed by atoms with Crippen LogP contribution in [0.1, 0.15) is 24.2 Å². The molecular weight excluding hydrogens is 262 g/mol. The van der Waals surface area contributed by atoms with E-state index in [2.05, 4.69) is 18.7 Å². The third kappa shape index (κ3) is 3.41. The Labute approximate surface area is 118 Å². The Hall–Kier alpha value is -1.33. The second-order valence-electron chi connectivity index (χ2n) is 5.26. The van der Waals surface area contributed by atoms with Gasteiger partial charge in [-0.1, -0.05) is 6.92 Å². The maximum absolute atomic E-state index is 13.6. The fraction of sp³-hybridized carbons (Fsp3) is 0.533. The molecule has 3 nitrogen and oxygen atoms in total. The zero-order valence-electron chi connectivity index (χ0n) is 11.9. The van der Waals surface area contributed by atoms with E-state index in [1.54, 1.807) is 0 Å². The summed E-state index contributed by atoms with van der Waals surface area (Å²) in [6, 6.07) is 3.37. The average Bonchev–Trinajstić information content (AvgIpc) is 2.41. The number of rotatable bonds is 4. The van der Waals surface area contributed by atoms with E-state index >= 15 is 0 Å². The van der Waals surface area contributed by atoms with Crippen molar-refractivity contribution in [3.63, 3.8) is 0 Å². The van der Waals surface area contributed by atoms with Crippen molar-refractivity contribution in [2.45, 2.75) is 19.9 Å². The minimum absolute atomic E-state index is 0.141. The minimum Gasteiger partial charge on any atom is -0.298 e. The first kappa shape index (κ1) is 15.1. The average molecular weight is 282 g/mol. The molecule has 0 saturated carbocycles. The maximum atomic E-state index is 13.6. The standard InChI is InChI=1S/C15H20F2N2O/c1-3-19-7-6-18(9-11(19)2)10-15(20)13-8-12(16)4-5-14(13)17/h4-5,8,11H,3,6-7,9-10H2,1-2H3. The summed E-state index contributed by atoms with van der Waals surface area (Å²) >= 11 is 0. The molecule has 0 spiro atoms. The van der Waals surface area contributed by atoms with Gasteiger partial charge in [0.15, 0.2) is 5.78 Å². The highest BCUT2D eigenvalue weighted by Gasteiger charge is 2.24. The molecule has 1 atom stereocenters. The number of carbonyl (C=O) groups is 1. The van der Waals surface area contributed by atoms with Gasteiger partial charge in [0.05, 0.1) is 12.1 Å². The Balaban J connectivity index is 2.00. The SMILES string of the molecule is CCN1CCN(CC(=O)c2cc(F)ccc2F)CC1C. The molecule has 1 aromatic rings. The van der Waals surface area contributed by atoms with E-state index in [0.29, 0.717) is 6.04 Å². The van der Waals surface area contributed by atoms with E-state index < -0.39 is 11.6 Å². The number of Topliss-reactive ketones (excluding diaryl/α,β-unsaturated/α-hetero) is 1. The van der Waals surface area contributed by atoms with Crippen molar-refractivity contribution >= 4 is 5.78 Å². The molecule has 0 amide bonds. The highest BCUT2D eigenvalue weighted by molar-refractivity contribution is 5.97. The first-order chi connectivity index (χ1) is 9.51. The lowest BCUT2D eigenvalue weighted by Crippen LogP contribution is -2.52. The molecule has 1 heterocycles. The number of nitrogens with zero attached hydrogens (tertiary/aromatic N) is 2. The van der Waals surface area contributed by atoms with Crippen molar-refractivity contribution in [3.8, 4) is 0 Å². The van der Waals surface area contributed by atoms with Gasteiger partial charge in [-0.2, -0.15) is 0 Å². The van der Waals surface area contributed by atoms with Crippen LogP contribution >= 0.6 is 0 Å². The molecule has 0 radical (unpaired) electrons. The summed E-state index contributed by atoms with van der Waals surface area (Å²) in [7, 11) is 0. The third-order valence-electron chi connectivity index (χ3n) is 3.85. The van der Waals surface area contributed by atoms with Crippen LogP contribution in [0.25, 0.3) is 0 Å². The van der Waals surface area contributed by atoms with Crippen molar-refractivity contribution in [2.24, 2.45) is 0 Å². The summed E-state index contributed by atoms with van der Waals surface area (Å²) in [6.07, 6.45) is 0. The lowest BCUT2D eigenvalue weighted by atomic mass is 10.1. The number of halogens is 2. The summed E-state index contributed by atoms with van der Waals surface area (Å²) in [5.74, 6) is -1.60. The number of carbonyl (C=O) groups excluding carboxylic acids is 1. The first-order valence-electron chi connectivity index (χ1n) is 6.96. The van der Waals surface area contributed by atoms with Crippen LogP contribution in [-0.2, 0) is 0 Å². The van der Waals surface area contributed by atoms with Gasteiger partial charge in [-0.3, -0.25) is 14.6 Å². The largest absolute Gasteiger partial charge is 0.298 e. The second-order valence-corrected chi connectivity index (χ2v) is 5.26. The molecule has 20 heavy (non-hydrogen) atoms. The Morgan fingerprint density at radius 2 is 2.10 bits per heavy atom. The molecule has 0 aromatic heterocycles. The van der Waals surface area contributed by atoms with Crippen LogP contribution in [0.4, 0.5) is 8.78 Å². The zero-order chi connectivity index (χ0) is 14.7. The van der Waals surface area contributed by atoms with Crippen LogP contribution in [0.5, 0.6) is 0 Å². The van der Waals surface area contributed by atoms with Gasteiger partial charge in [0.25, 0.3) is 0 Å². The molecule has 1 unspecified atom stereocenters. The molecule has 2 rings (SSSR count). The molecule has 110 valence electrons. The number of hydrogen-bond donors (Lipinski definition) is 0. The van der Waals surface area contributed by atoms with Crippen molar-refractivity contribution in [2.75, 3.05) is 32.7 Å². The lowest BCUT2D eigenvalue weighted by Gasteiger charge is -2.39. The summed E-state index contributed by atoms with van der Waals surface area (Å²) < 4.78 is 26.7. The van der Waals surface area contributed by atoms with Crippen molar-refractivity contribution in [1.29, 1.82) is 0 Å². The highest BCUT2D eigenvalue weighted by atomic mass is 19.1. The second kappa shape index (κ2) is 6.41. The predicted octanol–water partition coefficient (Wildman–Crippen LogP) is 2.17. The van der Waals surface area contributed by atoms with Crippen LogP contribution in [-0.4, -0.2) is 54.3 Å². The number of ketones is 1. The summed E-state index contributed by atoms with van der Waals surface area (Å²) in [6.45, 7) is 7.81. The predicted molar refractivity (Wildman–Crippen MR) is 73.8 cm³/mol. The van der Waals surface area contributed by atoms with Crippen LogP contribution in [0.2, 0.25) is 0 Å². The Morgan fingerprint density at radius 3 is 2.75 bits per heavy atom. The molecule has 1 fully saturated rings. The van der Waals surface area contributed by atoms with Crippen molar-refractivity contribution in [1.82, 2.24) is 9.80 Å². The van der Waals surface area contributed by atoms with E-state index in [1.165, 1.54) is 0 Å². The van der Waals surface area contributed by atoms with Gasteiger partial charge in [-0.25, -0.2) is 8.78 Å². The number of piperazine rings is 1. The molecular formula is C15H20F2N2O. The zero-order valence-corrected chi connectivity index (χ0v) is 11.9. The van der Waals surface area contributed by atoms with Gasteiger partial charge < -0.3 is 0 Å². The summed E-state index contributed by atoms with van der Waals surface area (Å²) in [5, 5.41) is 0. The van der Waals surface area contributed by atoms with Gasteiger partial charge in [0.1, 0.15) is 11.6 Å². The quantitative estimate of drug-likeness (QED) is 0.791. The number of hydrogen-bond acceptors (Lipinski definition) is 3. The van der Waals surface area contributed by atoms with Crippen molar-refractivity contribution in [3.05, 3.63) is 35.4 Å². The van der Waals surface area contributed by atoms with Crippen LogP contribution in [0.3, 0.4) is 0 Å². The smallest absolute Gasteiger partial charge is 0.179 e. The topological polar surface area (TPSA) is 23.6 Å². The van der Waals surface area contributed by atoms with Crippen LogP contribution in [0.15, 0.2) is 18.2 Å². The van der Waals surface area contributed by atoms with E-state index in [4.69, 9.17) is 0 Å². The Bertz CT molecular complexity index is 493. The van der Waals surface area contributed by atoms with E-state index in [-0.39, 0.29) is 17.9 Å². The van der Waals surface area contributed by atoms with Gasteiger partial charge in [0.2, 0.25) is 0 Å². The van der Waals surface area contributed by atoms with Gasteiger partial charge >= 0.3 is 0 Å². The molecule has 1 aromatic carbocycles. The van der Waals surface area contributed by atoms with Crippen molar-refractivity contribution < 1.29 is 13.6 Å². The lowest BCUT2D eigenvalue weighted by molar-refractivity contribution is 0.0720. The fourth-order valence-corrected chi connectivity index (χ4v) is 2.68. The molecule has 0 bridgehead atoms. The Morgan fingerprint density at radius 1 is 1.35 bits per heavy atom. The van der Waals surface area contributed by atoms with E-state index in [1.807, 2.05) is 4.90 Å². The molecule has 1 aliphatic rings.